The second-order valence-electron chi connectivity index (χ2n) is 10.2. The molecule has 1 saturated heterocycles. The summed E-state index contributed by atoms with van der Waals surface area (Å²) in [5.74, 6) is -0.362. The highest BCUT2D eigenvalue weighted by Gasteiger charge is 2.30. The fourth-order valence-electron chi connectivity index (χ4n) is 4.01. The van der Waals surface area contributed by atoms with E-state index in [1.165, 1.54) is 20.2 Å². The van der Waals surface area contributed by atoms with E-state index in [2.05, 4.69) is 35.6 Å². The van der Waals surface area contributed by atoms with Crippen molar-refractivity contribution in [3.63, 3.8) is 0 Å². The molecule has 1 aliphatic rings. The number of anilines is 1. The first-order valence-corrected chi connectivity index (χ1v) is 16.2. The number of hydrogen-bond donors (Lipinski definition) is 4. The van der Waals surface area contributed by atoms with Crippen molar-refractivity contribution in [3.05, 3.63) is 54.5 Å². The molecule has 14 heteroatoms. The van der Waals surface area contributed by atoms with Crippen LogP contribution in [0.5, 0.6) is 5.75 Å². The summed E-state index contributed by atoms with van der Waals surface area (Å²) < 4.78 is 25.5. The molecule has 13 nitrogen and oxygen atoms in total. The van der Waals surface area contributed by atoms with Gasteiger partial charge in [-0.1, -0.05) is 58.7 Å². The van der Waals surface area contributed by atoms with Gasteiger partial charge < -0.3 is 34.5 Å². The van der Waals surface area contributed by atoms with Crippen LogP contribution in [-0.2, 0) is 18.8 Å². The predicted octanol–water partition coefficient (Wildman–Crippen LogP) is 5.30. The molecule has 3 heterocycles. The number of para-hydroxylation sites is 1. The lowest BCUT2D eigenvalue weighted by molar-refractivity contribution is -0.143. The van der Waals surface area contributed by atoms with Crippen molar-refractivity contribution in [2.24, 2.45) is 5.92 Å². The van der Waals surface area contributed by atoms with Gasteiger partial charge in [-0.05, 0) is 56.9 Å². The van der Waals surface area contributed by atoms with Gasteiger partial charge in [0.2, 0.25) is 0 Å². The van der Waals surface area contributed by atoms with E-state index < -0.39 is 14.3 Å². The Morgan fingerprint density at radius 2 is 1.82 bits per heavy atom. The SMILES string of the molecule is C#N.CC.CC(C)(O)O.CCC(CC)COC(=O)CN[P@](OCC1CCC(c2ccc3c(N)ncnn23)O1)Oc1ccccc1. The maximum absolute atomic E-state index is 12.3. The number of carbonyl (C=O) groups is 1. The van der Waals surface area contributed by atoms with E-state index in [-0.39, 0.29) is 24.7 Å². The van der Waals surface area contributed by atoms with E-state index in [0.29, 0.717) is 30.7 Å². The number of carbonyl (C=O) groups excluding carboxylic acids is 1. The third-order valence-corrected chi connectivity index (χ3v) is 7.42. The zero-order valence-electron chi connectivity index (χ0n) is 27.1. The Kier molecular flexibility index (Phi) is 18.8. The van der Waals surface area contributed by atoms with Gasteiger partial charge in [-0.15, -0.1) is 0 Å². The van der Waals surface area contributed by atoms with Crippen LogP contribution in [0.2, 0.25) is 0 Å². The minimum Gasteiger partial charge on any atom is -0.464 e. The van der Waals surface area contributed by atoms with Gasteiger partial charge in [-0.3, -0.25) is 4.79 Å². The molecule has 2 aromatic heterocycles. The van der Waals surface area contributed by atoms with Gasteiger partial charge in [0, 0.05) is 6.57 Å². The van der Waals surface area contributed by atoms with Gasteiger partial charge in [-0.25, -0.2) is 19.8 Å². The molecule has 0 bridgehead atoms. The summed E-state index contributed by atoms with van der Waals surface area (Å²) >= 11 is 0. The summed E-state index contributed by atoms with van der Waals surface area (Å²) in [4.78, 5) is 16.3. The Morgan fingerprint density at radius 3 is 2.44 bits per heavy atom. The van der Waals surface area contributed by atoms with Gasteiger partial charge in [0.1, 0.15) is 30.2 Å². The molecule has 250 valence electrons. The Bertz CT molecular complexity index is 1250. The predicted molar refractivity (Wildman–Crippen MR) is 174 cm³/mol. The topological polar surface area (TPSA) is 186 Å². The Labute approximate surface area is 267 Å². The molecule has 0 spiro atoms. The lowest BCUT2D eigenvalue weighted by Crippen LogP contribution is -2.26. The number of benzene rings is 1. The maximum Gasteiger partial charge on any atom is 0.320 e. The number of esters is 1. The van der Waals surface area contributed by atoms with Gasteiger partial charge in [0.15, 0.2) is 11.6 Å². The largest absolute Gasteiger partial charge is 0.464 e. The highest BCUT2D eigenvalue weighted by Crippen LogP contribution is 2.39. The number of nitrogen functional groups attached to an aromatic ring is 1. The van der Waals surface area contributed by atoms with E-state index in [4.69, 9.17) is 39.7 Å². The molecule has 0 radical (unpaired) electrons. The number of aromatic nitrogens is 3. The third-order valence-electron chi connectivity index (χ3n) is 6.24. The van der Waals surface area contributed by atoms with Crippen LogP contribution in [0.3, 0.4) is 0 Å². The van der Waals surface area contributed by atoms with Crippen molar-refractivity contribution >= 4 is 25.8 Å². The minimum absolute atomic E-state index is 0.00407. The van der Waals surface area contributed by atoms with E-state index in [9.17, 15) is 4.79 Å². The van der Waals surface area contributed by atoms with Gasteiger partial charge in [0.25, 0.3) is 0 Å². The lowest BCUT2D eigenvalue weighted by Gasteiger charge is -2.21. The van der Waals surface area contributed by atoms with Crippen LogP contribution < -0.4 is 15.3 Å². The summed E-state index contributed by atoms with van der Waals surface area (Å²) in [5, 5.41) is 30.0. The number of nitrogens with zero attached hydrogens (tertiary/aromatic N) is 4. The average molecular weight is 649 g/mol. The van der Waals surface area contributed by atoms with Gasteiger partial charge in [0.05, 0.1) is 25.0 Å². The molecule has 4 rings (SSSR count). The Morgan fingerprint density at radius 1 is 1.18 bits per heavy atom. The third kappa shape index (κ3) is 15.0. The number of nitrogens with one attached hydrogen (secondary N) is 1. The molecule has 0 aliphatic carbocycles. The number of nitriles is 1. The van der Waals surface area contributed by atoms with Crippen molar-refractivity contribution in [3.8, 4) is 12.3 Å². The number of fused-ring (bicyclic) bond motifs is 1. The zero-order chi connectivity index (χ0) is 33.8. The van der Waals surface area contributed by atoms with E-state index in [1.807, 2.05) is 56.3 Å². The number of hydrogen-bond acceptors (Lipinski definition) is 12. The van der Waals surface area contributed by atoms with Crippen molar-refractivity contribution < 1.29 is 33.5 Å². The second kappa shape index (κ2) is 21.4. The molecule has 0 amide bonds. The highest BCUT2D eigenvalue weighted by atomic mass is 31.2. The van der Waals surface area contributed by atoms with Crippen LogP contribution in [0.25, 0.3) is 5.52 Å². The van der Waals surface area contributed by atoms with Gasteiger partial charge >= 0.3 is 14.5 Å². The molecule has 1 aromatic carbocycles. The van der Waals surface area contributed by atoms with E-state index in [0.717, 1.165) is 36.9 Å². The molecule has 5 N–H and O–H groups in total. The summed E-state index contributed by atoms with van der Waals surface area (Å²) in [6, 6.07) is 13.2. The molecule has 2 unspecified atom stereocenters. The maximum atomic E-state index is 12.3. The molecule has 1 fully saturated rings. The molecular formula is C31H49N6O7P. The summed E-state index contributed by atoms with van der Waals surface area (Å²) in [7, 11) is -1.58. The normalized spacial score (nSPS) is 16.3. The molecular weight excluding hydrogens is 599 g/mol. The first-order chi connectivity index (χ1) is 21.6. The standard InChI is InChI=1S/C25H34N5O5P.C3H8O2.C2H6.CHN/c1-3-18(4-2)15-32-24(31)14-29-36(35-19-8-6-5-7-9-19)33-16-20-10-13-23(34-20)21-11-12-22-25(26)27-17-28-30(21)22;1-3(2,4)5;2*1-2/h5-9,11-12,17-18,20,23,29H,3-4,10,13-16H2,1-2H3,(H2,26,27,28);4-5H,1-2H3;1-2H3;1H/t20?,23?,36-;;;/m1.../s1. The molecule has 45 heavy (non-hydrogen) atoms. The van der Waals surface area contributed by atoms with E-state index in [1.54, 1.807) is 4.52 Å². The molecule has 1 aliphatic heterocycles. The average Bonchev–Trinajstić information content (AvgIpc) is 3.69. The van der Waals surface area contributed by atoms with Crippen LogP contribution in [0.1, 0.15) is 79.0 Å². The highest BCUT2D eigenvalue weighted by molar-refractivity contribution is 7.45. The smallest absolute Gasteiger partial charge is 0.320 e. The first-order valence-electron chi connectivity index (χ1n) is 15.1. The summed E-state index contributed by atoms with van der Waals surface area (Å²) in [6.45, 7) is 15.0. The van der Waals surface area contributed by atoms with Gasteiger partial charge in [-0.2, -0.15) is 5.10 Å². The molecule has 3 aromatic rings. The molecule has 0 saturated carbocycles. The number of ether oxygens (including phenoxy) is 2. The van der Waals surface area contributed by atoms with Crippen molar-refractivity contribution in [2.75, 3.05) is 25.5 Å². The number of nitrogens with two attached hydrogens (primary N) is 1. The fraction of sp³-hybridized carbons (Fsp3) is 0.548. The van der Waals surface area contributed by atoms with Crippen LogP contribution in [0.4, 0.5) is 5.82 Å². The molecule has 3 atom stereocenters. The van der Waals surface area contributed by atoms with Crippen molar-refractivity contribution in [1.82, 2.24) is 19.7 Å². The summed E-state index contributed by atoms with van der Waals surface area (Å²) in [5.41, 5.74) is 7.65. The lowest BCUT2D eigenvalue weighted by atomic mass is 10.1. The van der Waals surface area contributed by atoms with Crippen LogP contribution >= 0.6 is 8.53 Å². The monoisotopic (exact) mass is 648 g/mol. The van der Waals surface area contributed by atoms with E-state index >= 15 is 0 Å². The minimum atomic E-state index is -1.58. The second-order valence-corrected chi connectivity index (χ2v) is 11.4. The first kappa shape index (κ1) is 39.7. The van der Waals surface area contributed by atoms with Crippen LogP contribution in [-0.4, -0.2) is 62.4 Å². The number of rotatable bonds is 13. The van der Waals surface area contributed by atoms with Crippen LogP contribution in [0.15, 0.2) is 48.8 Å². The van der Waals surface area contributed by atoms with Crippen LogP contribution in [0, 0.1) is 17.8 Å². The quantitative estimate of drug-likeness (QED) is 0.107. The van der Waals surface area contributed by atoms with Crippen molar-refractivity contribution in [2.45, 2.75) is 85.2 Å². The summed E-state index contributed by atoms with van der Waals surface area (Å²) in [6.07, 6.45) is 4.81. The zero-order valence-corrected chi connectivity index (χ0v) is 28.0. The fourth-order valence-corrected chi connectivity index (χ4v) is 5.09. The van der Waals surface area contributed by atoms with Crippen molar-refractivity contribution in [1.29, 1.82) is 5.26 Å². The Balaban J connectivity index is 0.00000101. The number of aliphatic hydroxyl groups is 2. The Hall–Kier alpha value is -3.37.